The highest BCUT2D eigenvalue weighted by Gasteiger charge is 2.25. The molecular formula is C21H24N4OS2. The quantitative estimate of drug-likeness (QED) is 0.640. The molecule has 4 rings (SSSR count). The number of aryl methyl sites for hydroxylation is 2. The average Bonchev–Trinajstić information content (AvgIpc) is 3.27. The van der Waals surface area contributed by atoms with Crippen LogP contribution in [0.5, 0.6) is 0 Å². The highest BCUT2D eigenvalue weighted by Crippen LogP contribution is 2.23. The zero-order valence-corrected chi connectivity index (χ0v) is 17.9. The third-order valence-corrected chi connectivity index (χ3v) is 6.91. The highest BCUT2D eigenvalue weighted by atomic mass is 32.1. The second kappa shape index (κ2) is 8.51. The Morgan fingerprint density at radius 3 is 2.50 bits per heavy atom. The molecule has 0 radical (unpaired) electrons. The predicted molar refractivity (Wildman–Crippen MR) is 114 cm³/mol. The molecule has 1 aliphatic rings. The van der Waals surface area contributed by atoms with Crippen LogP contribution in [0.1, 0.15) is 36.6 Å². The van der Waals surface area contributed by atoms with Crippen LogP contribution in [0.3, 0.4) is 0 Å². The van der Waals surface area contributed by atoms with Gasteiger partial charge in [-0.05, 0) is 19.4 Å². The molecule has 1 aromatic carbocycles. The third-order valence-electron chi connectivity index (χ3n) is 4.94. The van der Waals surface area contributed by atoms with Crippen LogP contribution in [0.25, 0.3) is 0 Å². The summed E-state index contributed by atoms with van der Waals surface area (Å²) in [6, 6.07) is 10.3. The Morgan fingerprint density at radius 2 is 1.82 bits per heavy atom. The van der Waals surface area contributed by atoms with Crippen molar-refractivity contribution in [2.45, 2.75) is 26.8 Å². The molecule has 1 aliphatic heterocycles. The van der Waals surface area contributed by atoms with Gasteiger partial charge >= 0.3 is 0 Å². The van der Waals surface area contributed by atoms with Gasteiger partial charge in [0.2, 0.25) is 0 Å². The van der Waals surface area contributed by atoms with E-state index >= 15 is 0 Å². The van der Waals surface area contributed by atoms with Crippen molar-refractivity contribution in [2.24, 2.45) is 0 Å². The number of amides is 1. The summed E-state index contributed by atoms with van der Waals surface area (Å²) in [4.78, 5) is 27.3. The first kappa shape index (κ1) is 19.2. The van der Waals surface area contributed by atoms with Crippen LogP contribution in [-0.4, -0.2) is 51.9 Å². The maximum atomic E-state index is 13.0. The third kappa shape index (κ3) is 4.48. The van der Waals surface area contributed by atoms with E-state index < -0.39 is 0 Å². The largest absolute Gasteiger partial charge is 0.335 e. The summed E-state index contributed by atoms with van der Waals surface area (Å²) < 4.78 is 0. The van der Waals surface area contributed by atoms with E-state index in [2.05, 4.69) is 32.4 Å². The minimum Gasteiger partial charge on any atom is -0.335 e. The Labute approximate surface area is 173 Å². The lowest BCUT2D eigenvalue weighted by molar-refractivity contribution is 0.0631. The van der Waals surface area contributed by atoms with Gasteiger partial charge in [0.1, 0.15) is 4.88 Å². The van der Waals surface area contributed by atoms with Crippen LogP contribution in [0.15, 0.2) is 35.7 Å². The standard InChI is InChI=1S/C21H24N4OS2/c1-15-20(28-19(22-15)12-17-6-4-3-5-7-17)21(26)25-10-8-24(9-11-25)13-18-14-27-16(2)23-18/h3-7,14H,8-13H2,1-2H3. The van der Waals surface area contributed by atoms with Gasteiger partial charge in [0.15, 0.2) is 0 Å². The van der Waals surface area contributed by atoms with Crippen molar-refractivity contribution >= 4 is 28.6 Å². The molecule has 1 amide bonds. The van der Waals surface area contributed by atoms with E-state index in [0.29, 0.717) is 0 Å². The Balaban J connectivity index is 1.36. The molecule has 2 aromatic heterocycles. The maximum Gasteiger partial charge on any atom is 0.265 e. The Morgan fingerprint density at radius 1 is 1.07 bits per heavy atom. The minimum absolute atomic E-state index is 0.124. The zero-order valence-electron chi connectivity index (χ0n) is 16.2. The fourth-order valence-corrected chi connectivity index (χ4v) is 5.13. The topological polar surface area (TPSA) is 49.3 Å². The summed E-state index contributed by atoms with van der Waals surface area (Å²) in [6.07, 6.45) is 0.778. The highest BCUT2D eigenvalue weighted by molar-refractivity contribution is 7.13. The first-order valence-electron chi connectivity index (χ1n) is 9.51. The van der Waals surface area contributed by atoms with Crippen molar-refractivity contribution in [1.29, 1.82) is 0 Å². The predicted octanol–water partition coefficient (Wildman–Crippen LogP) is 3.77. The average molecular weight is 413 g/mol. The molecular weight excluding hydrogens is 388 g/mol. The molecule has 0 saturated carbocycles. The van der Waals surface area contributed by atoms with Gasteiger partial charge < -0.3 is 4.90 Å². The van der Waals surface area contributed by atoms with Crippen molar-refractivity contribution in [1.82, 2.24) is 19.8 Å². The van der Waals surface area contributed by atoms with Gasteiger partial charge in [-0.3, -0.25) is 9.69 Å². The van der Waals surface area contributed by atoms with E-state index in [1.807, 2.05) is 36.9 Å². The Hall–Kier alpha value is -2.09. The molecule has 0 spiro atoms. The minimum atomic E-state index is 0.124. The summed E-state index contributed by atoms with van der Waals surface area (Å²) >= 11 is 3.23. The Kier molecular flexibility index (Phi) is 5.85. The second-order valence-electron chi connectivity index (χ2n) is 7.11. The first-order chi connectivity index (χ1) is 13.6. The number of hydrogen-bond acceptors (Lipinski definition) is 6. The van der Waals surface area contributed by atoms with Gasteiger partial charge in [-0.1, -0.05) is 30.3 Å². The smallest absolute Gasteiger partial charge is 0.265 e. The van der Waals surface area contributed by atoms with Gasteiger partial charge in [0.05, 0.1) is 21.4 Å². The first-order valence-corrected chi connectivity index (χ1v) is 11.2. The van der Waals surface area contributed by atoms with Crippen LogP contribution in [0.4, 0.5) is 0 Å². The number of carbonyl (C=O) groups is 1. The van der Waals surface area contributed by atoms with Gasteiger partial charge in [0.25, 0.3) is 5.91 Å². The second-order valence-corrected chi connectivity index (χ2v) is 9.26. The molecule has 1 saturated heterocycles. The number of piperazine rings is 1. The summed E-state index contributed by atoms with van der Waals surface area (Å²) in [6.45, 7) is 8.13. The maximum absolute atomic E-state index is 13.0. The number of rotatable bonds is 5. The van der Waals surface area contributed by atoms with Crippen LogP contribution < -0.4 is 0 Å². The van der Waals surface area contributed by atoms with E-state index in [0.717, 1.165) is 65.4 Å². The lowest BCUT2D eigenvalue weighted by atomic mass is 10.2. The number of aromatic nitrogens is 2. The molecule has 3 heterocycles. The number of hydrogen-bond donors (Lipinski definition) is 0. The molecule has 5 nitrogen and oxygen atoms in total. The molecule has 0 N–H and O–H groups in total. The van der Waals surface area contributed by atoms with E-state index in [4.69, 9.17) is 0 Å². The molecule has 0 aliphatic carbocycles. The van der Waals surface area contributed by atoms with Crippen molar-refractivity contribution < 1.29 is 4.79 Å². The molecule has 1 fully saturated rings. The summed E-state index contributed by atoms with van der Waals surface area (Å²) in [5.41, 5.74) is 3.20. The summed E-state index contributed by atoms with van der Waals surface area (Å²) in [7, 11) is 0. The SMILES string of the molecule is Cc1nc(CN2CCN(C(=O)c3sc(Cc4ccccc4)nc3C)CC2)cs1. The van der Waals surface area contributed by atoms with Crippen LogP contribution in [0, 0.1) is 13.8 Å². The molecule has 3 aromatic rings. The molecule has 146 valence electrons. The zero-order chi connectivity index (χ0) is 19.5. The van der Waals surface area contributed by atoms with Gasteiger partial charge in [-0.2, -0.15) is 0 Å². The monoisotopic (exact) mass is 412 g/mol. The van der Waals surface area contributed by atoms with Crippen LogP contribution in [0.2, 0.25) is 0 Å². The van der Waals surface area contributed by atoms with Crippen molar-refractivity contribution in [3.8, 4) is 0 Å². The van der Waals surface area contributed by atoms with Crippen molar-refractivity contribution in [3.05, 3.63) is 67.6 Å². The van der Waals surface area contributed by atoms with E-state index in [-0.39, 0.29) is 5.91 Å². The van der Waals surface area contributed by atoms with E-state index in [1.165, 1.54) is 16.9 Å². The normalized spacial score (nSPS) is 15.1. The summed E-state index contributed by atoms with van der Waals surface area (Å²) in [5.74, 6) is 0.124. The van der Waals surface area contributed by atoms with Crippen molar-refractivity contribution in [2.75, 3.05) is 26.2 Å². The van der Waals surface area contributed by atoms with Crippen LogP contribution >= 0.6 is 22.7 Å². The number of benzene rings is 1. The van der Waals surface area contributed by atoms with Crippen LogP contribution in [-0.2, 0) is 13.0 Å². The summed E-state index contributed by atoms with van der Waals surface area (Å²) in [5, 5.41) is 4.24. The molecule has 28 heavy (non-hydrogen) atoms. The fourth-order valence-electron chi connectivity index (χ4n) is 3.46. The van der Waals surface area contributed by atoms with E-state index in [1.54, 1.807) is 11.3 Å². The fraction of sp³-hybridized carbons (Fsp3) is 0.381. The Bertz CT molecular complexity index is 942. The molecule has 0 atom stereocenters. The lowest BCUT2D eigenvalue weighted by Crippen LogP contribution is -2.48. The van der Waals surface area contributed by atoms with Crippen molar-refractivity contribution in [3.63, 3.8) is 0 Å². The molecule has 0 bridgehead atoms. The number of carbonyl (C=O) groups excluding carboxylic acids is 1. The molecule has 7 heteroatoms. The van der Waals surface area contributed by atoms with Gasteiger partial charge in [-0.15, -0.1) is 22.7 Å². The van der Waals surface area contributed by atoms with Gasteiger partial charge in [0, 0.05) is 44.5 Å². The number of nitrogens with zero attached hydrogens (tertiary/aromatic N) is 4. The number of thiazole rings is 2. The lowest BCUT2D eigenvalue weighted by Gasteiger charge is -2.34. The van der Waals surface area contributed by atoms with E-state index in [9.17, 15) is 4.79 Å². The van der Waals surface area contributed by atoms with Gasteiger partial charge in [-0.25, -0.2) is 9.97 Å². The molecule has 0 unspecified atom stereocenters.